The van der Waals surface area contributed by atoms with E-state index in [2.05, 4.69) is 13.0 Å². The van der Waals surface area contributed by atoms with Crippen LogP contribution in [0.3, 0.4) is 0 Å². The van der Waals surface area contributed by atoms with Crippen molar-refractivity contribution in [1.29, 1.82) is 0 Å². The van der Waals surface area contributed by atoms with Crippen LogP contribution in [-0.4, -0.2) is 11.2 Å². The van der Waals surface area contributed by atoms with E-state index in [1.54, 1.807) is 0 Å². The van der Waals surface area contributed by atoms with Crippen molar-refractivity contribution < 1.29 is 5.11 Å². The topological polar surface area (TPSA) is 20.2 Å². The van der Waals surface area contributed by atoms with Crippen LogP contribution >= 0.6 is 0 Å². The van der Waals surface area contributed by atoms with Crippen molar-refractivity contribution in [2.24, 2.45) is 0 Å². The Balaban J connectivity index is 3.06. The first-order valence-electron chi connectivity index (χ1n) is 8.60. The first-order valence-corrected chi connectivity index (χ1v) is 8.60. The molecule has 0 aliphatic rings. The van der Waals surface area contributed by atoms with Crippen LogP contribution < -0.4 is 0 Å². The standard InChI is InChI=1S/C18H36O/c1-3-5-7-8-9-10-11-12-13-14-15-17-18(19)16-6-4-2/h4,6,18-19H,3,5,7-17H2,1-2H3/b6-4-/t18-/m1/s1. The quantitative estimate of drug-likeness (QED) is 0.302. The van der Waals surface area contributed by atoms with Crippen molar-refractivity contribution in [3.63, 3.8) is 0 Å². The first kappa shape index (κ1) is 18.7. The molecule has 1 N–H and O–H groups in total. The lowest BCUT2D eigenvalue weighted by atomic mass is 10.0. The van der Waals surface area contributed by atoms with Gasteiger partial charge in [0.25, 0.3) is 0 Å². The van der Waals surface area contributed by atoms with Crippen molar-refractivity contribution in [2.75, 3.05) is 0 Å². The summed E-state index contributed by atoms with van der Waals surface area (Å²) < 4.78 is 0. The van der Waals surface area contributed by atoms with Crippen LogP contribution in [0.25, 0.3) is 0 Å². The maximum absolute atomic E-state index is 9.67. The van der Waals surface area contributed by atoms with Gasteiger partial charge in [0.05, 0.1) is 6.10 Å². The molecule has 0 aliphatic carbocycles. The summed E-state index contributed by atoms with van der Waals surface area (Å²) in [6.07, 6.45) is 20.9. The summed E-state index contributed by atoms with van der Waals surface area (Å²) in [5.74, 6) is 0. The number of hydrogen-bond donors (Lipinski definition) is 1. The number of aliphatic hydroxyl groups is 1. The third-order valence-corrected chi connectivity index (χ3v) is 3.78. The monoisotopic (exact) mass is 268 g/mol. The van der Waals surface area contributed by atoms with Crippen LogP contribution in [0.15, 0.2) is 12.2 Å². The minimum Gasteiger partial charge on any atom is -0.393 e. The maximum atomic E-state index is 9.67. The Kier molecular flexibility index (Phi) is 15.5. The molecule has 0 aliphatic heterocycles. The Labute approximate surface area is 121 Å². The predicted molar refractivity (Wildman–Crippen MR) is 86.5 cm³/mol. The number of unbranched alkanes of at least 4 members (excludes halogenated alkanes) is 10. The molecule has 0 aromatic heterocycles. The first-order chi connectivity index (χ1) is 9.31. The van der Waals surface area contributed by atoms with Gasteiger partial charge in [-0.05, 0) is 19.8 Å². The normalized spacial score (nSPS) is 13.2. The second kappa shape index (κ2) is 15.8. The van der Waals surface area contributed by atoms with Gasteiger partial charge >= 0.3 is 0 Å². The molecule has 0 amide bonds. The Morgan fingerprint density at radius 3 is 1.74 bits per heavy atom. The molecule has 0 aromatic carbocycles. The Morgan fingerprint density at radius 2 is 1.26 bits per heavy atom. The number of aliphatic hydroxyl groups excluding tert-OH is 1. The van der Waals surface area contributed by atoms with Crippen LogP contribution in [0.2, 0.25) is 0 Å². The molecule has 19 heavy (non-hydrogen) atoms. The smallest absolute Gasteiger partial charge is 0.0574 e. The van der Waals surface area contributed by atoms with Crippen LogP contribution in [-0.2, 0) is 0 Å². The predicted octanol–water partition coefficient (Wildman–Crippen LogP) is 6.01. The van der Waals surface area contributed by atoms with Gasteiger partial charge in [-0.1, -0.05) is 89.7 Å². The van der Waals surface area contributed by atoms with Gasteiger partial charge in [-0.25, -0.2) is 0 Å². The van der Waals surface area contributed by atoms with Crippen LogP contribution in [0.5, 0.6) is 0 Å². The Hall–Kier alpha value is -0.300. The van der Waals surface area contributed by atoms with Crippen molar-refractivity contribution in [3.8, 4) is 0 Å². The van der Waals surface area contributed by atoms with Crippen LogP contribution in [0.4, 0.5) is 0 Å². The second-order valence-electron chi connectivity index (χ2n) is 5.78. The van der Waals surface area contributed by atoms with Gasteiger partial charge in [0.15, 0.2) is 0 Å². The summed E-state index contributed by atoms with van der Waals surface area (Å²) in [6, 6.07) is 0. The van der Waals surface area contributed by atoms with E-state index in [0.717, 1.165) is 12.8 Å². The highest BCUT2D eigenvalue weighted by molar-refractivity contribution is 4.79. The molecular weight excluding hydrogens is 232 g/mol. The van der Waals surface area contributed by atoms with Crippen molar-refractivity contribution in [1.82, 2.24) is 0 Å². The summed E-state index contributed by atoms with van der Waals surface area (Å²) in [7, 11) is 0. The van der Waals surface area contributed by atoms with E-state index in [1.165, 1.54) is 70.6 Å². The minimum atomic E-state index is -0.116. The Morgan fingerprint density at radius 1 is 0.789 bits per heavy atom. The largest absolute Gasteiger partial charge is 0.393 e. The summed E-state index contributed by atoms with van der Waals surface area (Å²) >= 11 is 0. The number of allylic oxidation sites excluding steroid dienone is 1. The van der Waals surface area contributed by atoms with Crippen molar-refractivity contribution in [2.45, 2.75) is 103 Å². The molecule has 0 unspecified atom stereocenters. The molecule has 1 nitrogen and oxygen atoms in total. The molecule has 0 rings (SSSR count). The SMILES string of the molecule is C/C=C\C[C@@H](O)CCCCCCCCCCCCC. The van der Waals surface area contributed by atoms with Gasteiger partial charge in [0.1, 0.15) is 0 Å². The fourth-order valence-electron chi connectivity index (χ4n) is 2.46. The fraction of sp³-hybridized carbons (Fsp3) is 0.889. The molecule has 0 fully saturated rings. The molecule has 0 heterocycles. The lowest BCUT2D eigenvalue weighted by molar-refractivity contribution is 0.163. The molecule has 0 saturated carbocycles. The third-order valence-electron chi connectivity index (χ3n) is 3.78. The van der Waals surface area contributed by atoms with Gasteiger partial charge in [0, 0.05) is 0 Å². The summed E-state index contributed by atoms with van der Waals surface area (Å²) in [5.41, 5.74) is 0. The van der Waals surface area contributed by atoms with E-state index < -0.39 is 0 Å². The number of hydrogen-bond acceptors (Lipinski definition) is 1. The molecule has 1 heteroatoms. The van der Waals surface area contributed by atoms with Gasteiger partial charge < -0.3 is 5.11 Å². The summed E-state index contributed by atoms with van der Waals surface area (Å²) in [6.45, 7) is 4.28. The molecular formula is C18H36O. The van der Waals surface area contributed by atoms with Crippen molar-refractivity contribution >= 4 is 0 Å². The van der Waals surface area contributed by atoms with E-state index >= 15 is 0 Å². The zero-order chi connectivity index (χ0) is 14.2. The van der Waals surface area contributed by atoms with Crippen LogP contribution in [0.1, 0.15) is 97.3 Å². The molecule has 1 atom stereocenters. The molecule has 0 saturated heterocycles. The lowest BCUT2D eigenvalue weighted by Crippen LogP contribution is -2.04. The van der Waals surface area contributed by atoms with Gasteiger partial charge in [-0.3, -0.25) is 0 Å². The molecule has 0 bridgehead atoms. The third kappa shape index (κ3) is 15.6. The maximum Gasteiger partial charge on any atom is 0.0574 e. The van der Waals surface area contributed by atoms with E-state index in [-0.39, 0.29) is 6.10 Å². The van der Waals surface area contributed by atoms with E-state index in [1.807, 2.05) is 13.0 Å². The molecule has 0 spiro atoms. The van der Waals surface area contributed by atoms with Gasteiger partial charge in [-0.2, -0.15) is 0 Å². The second-order valence-corrected chi connectivity index (χ2v) is 5.78. The van der Waals surface area contributed by atoms with Gasteiger partial charge in [-0.15, -0.1) is 0 Å². The van der Waals surface area contributed by atoms with E-state index in [0.29, 0.717) is 0 Å². The zero-order valence-corrected chi connectivity index (χ0v) is 13.4. The highest BCUT2D eigenvalue weighted by Crippen LogP contribution is 2.13. The summed E-state index contributed by atoms with van der Waals surface area (Å²) in [4.78, 5) is 0. The van der Waals surface area contributed by atoms with Crippen LogP contribution in [0, 0.1) is 0 Å². The Bertz CT molecular complexity index is 186. The molecule has 0 radical (unpaired) electrons. The highest BCUT2D eigenvalue weighted by Gasteiger charge is 2.00. The lowest BCUT2D eigenvalue weighted by Gasteiger charge is -2.07. The highest BCUT2D eigenvalue weighted by atomic mass is 16.3. The average molecular weight is 268 g/mol. The van der Waals surface area contributed by atoms with Crippen molar-refractivity contribution in [3.05, 3.63) is 12.2 Å². The summed E-state index contributed by atoms with van der Waals surface area (Å²) in [5, 5.41) is 9.67. The molecule has 114 valence electrons. The fourth-order valence-corrected chi connectivity index (χ4v) is 2.46. The van der Waals surface area contributed by atoms with Gasteiger partial charge in [0.2, 0.25) is 0 Å². The number of rotatable bonds is 14. The average Bonchev–Trinajstić information content (AvgIpc) is 2.42. The minimum absolute atomic E-state index is 0.116. The van der Waals surface area contributed by atoms with E-state index in [4.69, 9.17) is 0 Å². The zero-order valence-electron chi connectivity index (χ0n) is 13.4. The molecule has 0 aromatic rings. The van der Waals surface area contributed by atoms with E-state index in [9.17, 15) is 5.11 Å².